The summed E-state index contributed by atoms with van der Waals surface area (Å²) in [5, 5.41) is 5.45. The van der Waals surface area contributed by atoms with Crippen molar-refractivity contribution in [3.05, 3.63) is 78.6 Å². The van der Waals surface area contributed by atoms with Crippen molar-refractivity contribution in [3.8, 4) is 0 Å². The second kappa shape index (κ2) is 7.14. The third kappa shape index (κ3) is 3.27. The largest absolute Gasteiger partial charge is 0.451 e. The third-order valence-corrected chi connectivity index (χ3v) is 5.63. The number of amides is 1. The first-order valence-electron chi connectivity index (χ1n) is 9.02. The van der Waals surface area contributed by atoms with Crippen molar-refractivity contribution >= 4 is 43.6 Å². The zero-order valence-electron chi connectivity index (χ0n) is 15.2. The molecule has 0 fully saturated rings. The van der Waals surface area contributed by atoms with Crippen LogP contribution in [0.4, 0.5) is 9.52 Å². The van der Waals surface area contributed by atoms with Crippen molar-refractivity contribution in [1.82, 2.24) is 14.8 Å². The van der Waals surface area contributed by atoms with Gasteiger partial charge in [-0.25, -0.2) is 9.37 Å². The van der Waals surface area contributed by atoms with E-state index in [2.05, 4.69) is 10.1 Å². The Morgan fingerprint density at radius 3 is 2.86 bits per heavy atom. The number of benzene rings is 2. The molecule has 0 atom stereocenters. The van der Waals surface area contributed by atoms with E-state index in [1.807, 2.05) is 36.5 Å². The van der Waals surface area contributed by atoms with Crippen LogP contribution in [-0.4, -0.2) is 27.2 Å². The lowest BCUT2D eigenvalue weighted by Crippen LogP contribution is -2.33. The number of fused-ring (bicyclic) bond motifs is 2. The standard InChI is InChI=1S/C21H15FN4O2S/c22-15-6-3-8-18-19(15)24-21(29-18)26(12-11-25-10-4-9-23-25)20(27)17-13-14-5-1-2-7-16(14)28-17/h1-10,13H,11-12H2. The molecule has 2 aromatic carbocycles. The van der Waals surface area contributed by atoms with E-state index in [-0.39, 0.29) is 17.2 Å². The van der Waals surface area contributed by atoms with Crippen LogP contribution < -0.4 is 4.90 Å². The van der Waals surface area contributed by atoms with Gasteiger partial charge in [0.2, 0.25) is 0 Å². The highest BCUT2D eigenvalue weighted by Crippen LogP contribution is 2.31. The van der Waals surface area contributed by atoms with E-state index in [0.29, 0.717) is 28.5 Å². The lowest BCUT2D eigenvalue weighted by Gasteiger charge is -2.18. The van der Waals surface area contributed by atoms with Crippen molar-refractivity contribution < 1.29 is 13.6 Å². The van der Waals surface area contributed by atoms with Gasteiger partial charge >= 0.3 is 0 Å². The van der Waals surface area contributed by atoms with Crippen molar-refractivity contribution in [2.45, 2.75) is 6.54 Å². The Hall–Kier alpha value is -3.52. The summed E-state index contributed by atoms with van der Waals surface area (Å²) in [6.45, 7) is 0.788. The number of para-hydroxylation sites is 2. The quantitative estimate of drug-likeness (QED) is 0.423. The van der Waals surface area contributed by atoms with E-state index >= 15 is 0 Å². The summed E-state index contributed by atoms with van der Waals surface area (Å²) >= 11 is 1.27. The van der Waals surface area contributed by atoms with Crippen LogP contribution in [0.1, 0.15) is 10.6 Å². The Morgan fingerprint density at radius 2 is 2.07 bits per heavy atom. The second-order valence-electron chi connectivity index (χ2n) is 6.46. The number of aromatic nitrogens is 3. The van der Waals surface area contributed by atoms with E-state index in [1.54, 1.807) is 29.1 Å². The fourth-order valence-electron chi connectivity index (χ4n) is 3.16. The number of carbonyl (C=O) groups is 1. The molecule has 5 aromatic rings. The van der Waals surface area contributed by atoms with E-state index < -0.39 is 5.82 Å². The average molecular weight is 406 g/mol. The molecule has 29 heavy (non-hydrogen) atoms. The fraction of sp³-hybridized carbons (Fsp3) is 0.0952. The van der Waals surface area contributed by atoms with Crippen molar-refractivity contribution in [1.29, 1.82) is 0 Å². The summed E-state index contributed by atoms with van der Waals surface area (Å²) in [6.07, 6.45) is 3.50. The summed E-state index contributed by atoms with van der Waals surface area (Å²) < 4.78 is 22.3. The molecule has 0 aliphatic heterocycles. The van der Waals surface area contributed by atoms with Crippen LogP contribution in [0.25, 0.3) is 21.2 Å². The maximum absolute atomic E-state index is 14.1. The monoisotopic (exact) mass is 406 g/mol. The van der Waals surface area contributed by atoms with E-state index in [0.717, 1.165) is 5.39 Å². The molecule has 0 N–H and O–H groups in total. The Kier molecular flexibility index (Phi) is 4.33. The van der Waals surface area contributed by atoms with Gasteiger partial charge in [-0.2, -0.15) is 5.10 Å². The van der Waals surface area contributed by atoms with Crippen molar-refractivity contribution in [3.63, 3.8) is 0 Å². The molecule has 8 heteroatoms. The number of rotatable bonds is 5. The van der Waals surface area contributed by atoms with Gasteiger partial charge in [-0.3, -0.25) is 14.4 Å². The van der Waals surface area contributed by atoms with Crippen LogP contribution in [0.5, 0.6) is 0 Å². The molecule has 5 rings (SSSR count). The van der Waals surface area contributed by atoms with Crippen molar-refractivity contribution in [2.24, 2.45) is 0 Å². The number of nitrogens with zero attached hydrogens (tertiary/aromatic N) is 4. The van der Waals surface area contributed by atoms with Gasteiger partial charge in [-0.15, -0.1) is 0 Å². The second-order valence-corrected chi connectivity index (χ2v) is 7.47. The minimum atomic E-state index is -0.409. The lowest BCUT2D eigenvalue weighted by molar-refractivity contribution is 0.0961. The van der Waals surface area contributed by atoms with Crippen LogP contribution in [-0.2, 0) is 6.54 Å². The van der Waals surface area contributed by atoms with Gasteiger partial charge in [0.25, 0.3) is 5.91 Å². The zero-order valence-corrected chi connectivity index (χ0v) is 16.0. The molecule has 3 heterocycles. The summed E-state index contributed by atoms with van der Waals surface area (Å²) in [4.78, 5) is 19.2. The van der Waals surface area contributed by atoms with Gasteiger partial charge in [0.1, 0.15) is 16.9 Å². The highest BCUT2D eigenvalue weighted by Gasteiger charge is 2.25. The van der Waals surface area contributed by atoms with Crippen LogP contribution in [0, 0.1) is 5.82 Å². The van der Waals surface area contributed by atoms with E-state index in [9.17, 15) is 9.18 Å². The number of carbonyl (C=O) groups excluding carboxylic acids is 1. The third-order valence-electron chi connectivity index (χ3n) is 4.58. The average Bonchev–Trinajstić information content (AvgIpc) is 3.47. The molecule has 144 valence electrons. The highest BCUT2D eigenvalue weighted by molar-refractivity contribution is 7.22. The Labute approximate surface area is 168 Å². The number of hydrogen-bond donors (Lipinski definition) is 0. The molecule has 0 spiro atoms. The minimum Gasteiger partial charge on any atom is -0.451 e. The molecule has 0 aliphatic rings. The van der Waals surface area contributed by atoms with Gasteiger partial charge in [0, 0.05) is 24.3 Å². The molecule has 0 saturated carbocycles. The highest BCUT2D eigenvalue weighted by atomic mass is 32.1. The minimum absolute atomic E-state index is 0.214. The van der Waals surface area contributed by atoms with Crippen molar-refractivity contribution in [2.75, 3.05) is 11.4 Å². The molecular formula is C21H15FN4O2S. The lowest BCUT2D eigenvalue weighted by atomic mass is 10.2. The summed E-state index contributed by atoms with van der Waals surface area (Å²) in [7, 11) is 0. The predicted octanol–water partition coefficient (Wildman–Crippen LogP) is 4.73. The van der Waals surface area contributed by atoms with Crippen LogP contribution >= 0.6 is 11.3 Å². The first-order chi connectivity index (χ1) is 14.2. The number of thiazole rings is 1. The van der Waals surface area contributed by atoms with E-state index in [4.69, 9.17) is 4.42 Å². The molecule has 0 aliphatic carbocycles. The van der Waals surface area contributed by atoms with Gasteiger partial charge in [0.05, 0.1) is 11.2 Å². The van der Waals surface area contributed by atoms with Gasteiger partial charge in [-0.1, -0.05) is 35.6 Å². The molecule has 1 amide bonds. The topological polar surface area (TPSA) is 64.2 Å². The van der Waals surface area contributed by atoms with Crippen LogP contribution in [0.2, 0.25) is 0 Å². The SMILES string of the molecule is O=C(c1cc2ccccc2o1)N(CCn1cccn1)c1nc2c(F)cccc2s1. The first-order valence-corrected chi connectivity index (χ1v) is 9.83. The van der Waals surface area contributed by atoms with Gasteiger partial charge < -0.3 is 4.42 Å². The smallest absolute Gasteiger partial charge is 0.295 e. The Morgan fingerprint density at radius 1 is 1.17 bits per heavy atom. The first kappa shape index (κ1) is 17.6. The Bertz CT molecular complexity index is 1280. The summed E-state index contributed by atoms with van der Waals surface area (Å²) in [5.41, 5.74) is 0.896. The molecular weight excluding hydrogens is 391 g/mol. The number of hydrogen-bond acceptors (Lipinski definition) is 5. The molecule has 0 bridgehead atoms. The number of furan rings is 1. The van der Waals surface area contributed by atoms with Gasteiger partial charge in [-0.05, 0) is 30.3 Å². The number of halogens is 1. The predicted molar refractivity (Wildman–Crippen MR) is 110 cm³/mol. The molecule has 6 nitrogen and oxygen atoms in total. The molecule has 0 saturated heterocycles. The van der Waals surface area contributed by atoms with Crippen LogP contribution in [0.15, 0.2) is 71.4 Å². The molecule has 0 radical (unpaired) electrons. The number of anilines is 1. The normalized spacial score (nSPS) is 11.3. The van der Waals surface area contributed by atoms with Crippen LogP contribution in [0.3, 0.4) is 0 Å². The summed E-state index contributed by atoms with van der Waals surface area (Å²) in [6, 6.07) is 15.8. The molecule has 3 aromatic heterocycles. The Balaban J connectivity index is 1.54. The van der Waals surface area contributed by atoms with Gasteiger partial charge in [0.15, 0.2) is 10.9 Å². The maximum atomic E-state index is 14.1. The molecule has 0 unspecified atom stereocenters. The zero-order chi connectivity index (χ0) is 19.8. The maximum Gasteiger partial charge on any atom is 0.295 e. The fourth-order valence-corrected chi connectivity index (χ4v) is 4.16. The summed E-state index contributed by atoms with van der Waals surface area (Å²) in [5.74, 6) is -0.521. The van der Waals surface area contributed by atoms with E-state index in [1.165, 1.54) is 22.3 Å².